The number of carboxylic acid groups (broad SMARTS) is 2. The van der Waals surface area contributed by atoms with Crippen molar-refractivity contribution < 1.29 is 43.2 Å². The van der Waals surface area contributed by atoms with E-state index >= 15 is 0 Å². The van der Waals surface area contributed by atoms with Crippen LogP contribution in [-0.2, 0) is 25.8 Å². The predicted molar refractivity (Wildman–Crippen MR) is 133 cm³/mol. The molecule has 2 aliphatic heterocycles. The minimum absolute atomic E-state index is 0.0774. The van der Waals surface area contributed by atoms with Crippen LogP contribution in [0.25, 0.3) is 11.1 Å². The second-order valence-corrected chi connectivity index (χ2v) is 10.1. The molecule has 16 heteroatoms. The Labute approximate surface area is 221 Å². The Hall–Kier alpha value is -4.44. The molecule has 2 atom stereocenters. The number of amides is 2. The molecule has 38 heavy (non-hydrogen) atoms. The Morgan fingerprint density at radius 1 is 1.37 bits per heavy atom. The Balaban J connectivity index is 1.39. The van der Waals surface area contributed by atoms with Crippen molar-refractivity contribution in [3.63, 3.8) is 0 Å². The highest BCUT2D eigenvalue weighted by Gasteiger charge is 2.55. The van der Waals surface area contributed by atoms with Crippen molar-refractivity contribution in [1.29, 1.82) is 0 Å². The second-order valence-electron chi connectivity index (χ2n) is 8.11. The van der Waals surface area contributed by atoms with Crippen molar-refractivity contribution >= 4 is 68.8 Å². The number of oxime groups is 1. The number of rotatable bonds is 8. The summed E-state index contributed by atoms with van der Waals surface area (Å²) < 4.78 is 6.98. The van der Waals surface area contributed by atoms with Crippen LogP contribution in [0.1, 0.15) is 16.2 Å². The lowest BCUT2D eigenvalue weighted by Gasteiger charge is -2.49. The molecule has 2 aliphatic rings. The van der Waals surface area contributed by atoms with Crippen LogP contribution in [0.2, 0.25) is 0 Å². The first-order chi connectivity index (χ1) is 18.2. The lowest BCUT2D eigenvalue weighted by Crippen LogP contribution is -2.71. The Morgan fingerprint density at radius 3 is 2.82 bits per heavy atom. The maximum atomic E-state index is 13.1. The molecule has 0 saturated carbocycles. The summed E-state index contributed by atoms with van der Waals surface area (Å²) in [6.45, 7) is 0.0774. The van der Waals surface area contributed by atoms with Gasteiger partial charge in [-0.15, -0.1) is 23.1 Å². The standard InChI is InChI=1S/C22H18N6O8S2/c1-35-26-14(10-8-38-22(23)24-10)17(29)25-15-18(30)28-16(21(33)34)9(7-37-19(15)28)6-27-4-2-3-12-11(27)5-13(36-12)20(31)32/h2-5,8,15,19H,6-7H2,1H3,(H4-,23,24,25,29,31,32,33,34)/p+1/b26-14-/t15?,19-/m1/s1. The molecule has 5 N–H and O–H groups in total. The van der Waals surface area contributed by atoms with Crippen LogP contribution < -0.4 is 15.6 Å². The number of pyridine rings is 1. The van der Waals surface area contributed by atoms with Gasteiger partial charge in [0, 0.05) is 22.8 Å². The van der Waals surface area contributed by atoms with Crippen LogP contribution in [0.15, 0.2) is 50.6 Å². The zero-order chi connectivity index (χ0) is 27.1. The highest BCUT2D eigenvalue weighted by Crippen LogP contribution is 2.40. The number of nitrogens with zero attached hydrogens (tertiary/aromatic N) is 4. The minimum atomic E-state index is -1.30. The van der Waals surface area contributed by atoms with E-state index in [1.54, 1.807) is 22.9 Å². The van der Waals surface area contributed by atoms with Gasteiger partial charge in [-0.1, -0.05) is 5.16 Å². The van der Waals surface area contributed by atoms with Crippen molar-refractivity contribution in [2.75, 3.05) is 18.6 Å². The molecule has 3 aromatic heterocycles. The molecular formula is C22H19N6O8S2+. The van der Waals surface area contributed by atoms with Gasteiger partial charge >= 0.3 is 11.9 Å². The van der Waals surface area contributed by atoms with Gasteiger partial charge in [0.1, 0.15) is 29.9 Å². The van der Waals surface area contributed by atoms with Crippen molar-refractivity contribution in [2.45, 2.75) is 18.0 Å². The van der Waals surface area contributed by atoms with E-state index in [1.165, 1.54) is 30.3 Å². The summed E-state index contributed by atoms with van der Waals surface area (Å²) in [6, 6.07) is 3.60. The molecule has 14 nitrogen and oxygen atoms in total. The molecule has 5 heterocycles. The third-order valence-corrected chi connectivity index (χ3v) is 7.85. The summed E-state index contributed by atoms with van der Waals surface area (Å²) in [5.41, 5.74) is 6.68. The number of hydrogen-bond donors (Lipinski definition) is 4. The molecule has 0 spiro atoms. The van der Waals surface area contributed by atoms with Crippen LogP contribution in [0.3, 0.4) is 0 Å². The molecule has 1 fully saturated rings. The summed E-state index contributed by atoms with van der Waals surface area (Å²) in [7, 11) is 1.26. The maximum absolute atomic E-state index is 13.1. The zero-order valence-electron chi connectivity index (χ0n) is 19.5. The highest BCUT2D eigenvalue weighted by molar-refractivity contribution is 8.00. The third-order valence-electron chi connectivity index (χ3n) is 5.83. The number of aromatic nitrogens is 2. The SMILES string of the molecule is CO/N=C(\C(=O)NC1C(=O)N2C(C(=O)O)=C(C[n+]3cccc4oc(C(=O)O)cc43)CS[C@H]12)c1csc(N)n1. The van der Waals surface area contributed by atoms with E-state index in [9.17, 15) is 29.4 Å². The van der Waals surface area contributed by atoms with Crippen molar-refractivity contribution in [3.05, 3.63) is 52.5 Å². The summed E-state index contributed by atoms with van der Waals surface area (Å²) in [5, 5.41) is 26.6. The number of thioether (sulfide) groups is 1. The summed E-state index contributed by atoms with van der Waals surface area (Å²) >= 11 is 2.39. The predicted octanol–water partition coefficient (Wildman–Crippen LogP) is 0.247. The summed E-state index contributed by atoms with van der Waals surface area (Å²) in [6.07, 6.45) is 1.66. The van der Waals surface area contributed by atoms with Crippen LogP contribution in [0, 0.1) is 0 Å². The number of anilines is 1. The average Bonchev–Trinajstić information content (AvgIpc) is 3.52. The highest BCUT2D eigenvalue weighted by atomic mass is 32.2. The van der Waals surface area contributed by atoms with Gasteiger partial charge in [0.25, 0.3) is 17.3 Å². The topological polar surface area (TPSA) is 202 Å². The van der Waals surface area contributed by atoms with Crippen LogP contribution >= 0.6 is 23.1 Å². The molecule has 0 bridgehead atoms. The monoisotopic (exact) mass is 559 g/mol. The van der Waals surface area contributed by atoms with Gasteiger partial charge in [0.15, 0.2) is 29.2 Å². The summed E-state index contributed by atoms with van der Waals surface area (Å²) in [5.74, 6) is -3.85. The number of nitrogens with one attached hydrogen (secondary N) is 1. The quantitative estimate of drug-likeness (QED) is 0.127. The van der Waals surface area contributed by atoms with Gasteiger partial charge in [-0.05, 0) is 6.07 Å². The number of carbonyl (C=O) groups excluding carboxylic acids is 2. The van der Waals surface area contributed by atoms with E-state index in [2.05, 4.69) is 15.5 Å². The fourth-order valence-electron chi connectivity index (χ4n) is 4.21. The second kappa shape index (κ2) is 9.79. The number of aromatic carboxylic acids is 1. The van der Waals surface area contributed by atoms with Crippen LogP contribution in [0.4, 0.5) is 5.13 Å². The average molecular weight is 560 g/mol. The Bertz CT molecular complexity index is 1560. The Morgan fingerprint density at radius 2 is 2.16 bits per heavy atom. The van der Waals surface area contributed by atoms with Crippen molar-refractivity contribution in [1.82, 2.24) is 15.2 Å². The number of nitrogens with two attached hydrogens (primary N) is 1. The van der Waals surface area contributed by atoms with E-state index in [0.29, 0.717) is 16.7 Å². The van der Waals surface area contributed by atoms with Gasteiger partial charge in [-0.25, -0.2) is 14.6 Å². The van der Waals surface area contributed by atoms with Gasteiger partial charge < -0.3 is 30.5 Å². The molecule has 1 saturated heterocycles. The summed E-state index contributed by atoms with van der Waals surface area (Å²) in [4.78, 5) is 59.4. The number of nitrogen functional groups attached to an aromatic ring is 1. The van der Waals surface area contributed by atoms with Crippen molar-refractivity contribution in [2.24, 2.45) is 5.16 Å². The molecule has 196 valence electrons. The molecule has 0 aromatic carbocycles. The molecule has 2 amide bonds. The largest absolute Gasteiger partial charge is 0.477 e. The van der Waals surface area contributed by atoms with Crippen LogP contribution in [-0.4, -0.2) is 73.8 Å². The molecule has 0 radical (unpaired) electrons. The molecular weight excluding hydrogens is 540 g/mol. The van der Waals surface area contributed by atoms with Gasteiger partial charge in [0.05, 0.1) is 6.07 Å². The molecule has 1 unspecified atom stereocenters. The smallest absolute Gasteiger partial charge is 0.372 e. The minimum Gasteiger partial charge on any atom is -0.477 e. The van der Waals surface area contributed by atoms with Gasteiger partial charge in [-0.2, -0.15) is 4.57 Å². The first-order valence-corrected chi connectivity index (χ1v) is 12.8. The number of β-lactam (4-membered cyclic amide) rings is 1. The number of carboxylic acids is 2. The van der Waals surface area contributed by atoms with Gasteiger partial charge in [0.2, 0.25) is 5.76 Å². The lowest BCUT2D eigenvalue weighted by atomic mass is 10.0. The fraction of sp³-hybridized carbons (Fsp3) is 0.227. The number of thiazole rings is 1. The Kier molecular flexibility index (Phi) is 6.50. The number of furan rings is 1. The van der Waals surface area contributed by atoms with E-state index in [1.807, 2.05) is 0 Å². The number of fused-ring (bicyclic) bond motifs is 2. The normalized spacial score (nSPS) is 19.2. The fourth-order valence-corrected chi connectivity index (χ4v) is 6.09. The molecule has 0 aliphatic carbocycles. The van der Waals surface area contributed by atoms with Crippen LogP contribution in [0.5, 0.6) is 0 Å². The molecule has 5 rings (SSSR count). The van der Waals surface area contributed by atoms with Gasteiger partial charge in [-0.3, -0.25) is 14.5 Å². The van der Waals surface area contributed by atoms with E-state index in [4.69, 9.17) is 15.0 Å². The molecule has 3 aromatic rings. The van der Waals surface area contributed by atoms with E-state index in [0.717, 1.165) is 16.2 Å². The number of aliphatic carboxylic acids is 1. The third kappa shape index (κ3) is 4.32. The number of hydrogen-bond acceptors (Lipinski definition) is 11. The zero-order valence-corrected chi connectivity index (χ0v) is 21.1. The maximum Gasteiger partial charge on any atom is 0.372 e. The lowest BCUT2D eigenvalue weighted by molar-refractivity contribution is -0.663. The number of carbonyl (C=O) groups is 4. The van der Waals surface area contributed by atoms with E-state index in [-0.39, 0.29) is 40.3 Å². The first kappa shape index (κ1) is 25.2. The van der Waals surface area contributed by atoms with E-state index < -0.39 is 35.2 Å². The van der Waals surface area contributed by atoms with Crippen molar-refractivity contribution in [3.8, 4) is 0 Å². The first-order valence-electron chi connectivity index (χ1n) is 10.9.